The van der Waals surface area contributed by atoms with Gasteiger partial charge in [0.2, 0.25) is 0 Å². The maximum atomic E-state index is 5.80. The Bertz CT molecular complexity index is 1060. The number of nitrogens with one attached hydrogen (secondary N) is 1. The van der Waals surface area contributed by atoms with Crippen LogP contribution in [0, 0.1) is 5.92 Å². The largest absolute Gasteiger partial charge is 0.376 e. The number of hydrogen-bond donors (Lipinski definition) is 1. The number of thioether (sulfide) groups is 1. The summed E-state index contributed by atoms with van der Waals surface area (Å²) in [5.74, 6) is 1.56. The van der Waals surface area contributed by atoms with Crippen LogP contribution in [-0.4, -0.2) is 40.5 Å². The van der Waals surface area contributed by atoms with E-state index in [1.807, 2.05) is 6.26 Å². The van der Waals surface area contributed by atoms with E-state index < -0.39 is 0 Å². The van der Waals surface area contributed by atoms with Crippen molar-refractivity contribution in [1.29, 1.82) is 0 Å². The molecular weight excluding hydrogens is 400 g/mol. The molecule has 2 aliphatic rings. The molecule has 0 saturated carbocycles. The molecule has 1 aliphatic carbocycles. The van der Waals surface area contributed by atoms with Crippen LogP contribution in [0.3, 0.4) is 0 Å². The minimum absolute atomic E-state index is 0.284. The third-order valence-electron chi connectivity index (χ3n) is 5.90. The zero-order chi connectivity index (χ0) is 20.0. The van der Waals surface area contributed by atoms with Crippen molar-refractivity contribution in [2.75, 3.05) is 24.7 Å². The molecule has 0 aromatic carbocycles. The second-order valence-electron chi connectivity index (χ2n) is 8.50. The smallest absolute Gasteiger partial charge is 0.189 e. The van der Waals surface area contributed by atoms with Crippen LogP contribution in [0.25, 0.3) is 20.4 Å². The third-order valence-corrected chi connectivity index (χ3v) is 7.53. The summed E-state index contributed by atoms with van der Waals surface area (Å²) in [7, 11) is 0. The van der Waals surface area contributed by atoms with Crippen molar-refractivity contribution in [3.05, 3.63) is 16.8 Å². The monoisotopic (exact) mass is 428 g/mol. The number of anilines is 1. The predicted molar refractivity (Wildman–Crippen MR) is 123 cm³/mol. The van der Waals surface area contributed by atoms with E-state index in [1.165, 1.54) is 28.6 Å². The summed E-state index contributed by atoms with van der Waals surface area (Å²) in [5, 5.41) is 5.68. The van der Waals surface area contributed by atoms with Gasteiger partial charge in [0.15, 0.2) is 5.16 Å². The van der Waals surface area contributed by atoms with Gasteiger partial charge in [0.1, 0.15) is 10.6 Å². The molecular formula is C22H28N4OS2. The first-order valence-corrected chi connectivity index (χ1v) is 12.7. The SMILES string of the molecule is CSc1nc(NC[C@@H]2CCCO2)c2sc3nc(CC(C)C)c4c(c3c2n1)CCC4. The number of thiophene rings is 1. The van der Waals surface area contributed by atoms with Crippen LogP contribution < -0.4 is 5.32 Å². The molecule has 7 heteroatoms. The van der Waals surface area contributed by atoms with E-state index in [0.717, 1.165) is 71.3 Å². The fourth-order valence-electron chi connectivity index (χ4n) is 4.61. The Labute approximate surface area is 180 Å². The van der Waals surface area contributed by atoms with Gasteiger partial charge in [0.25, 0.3) is 0 Å². The standard InChI is InChI=1S/C22H28N4OS2/c1-12(2)10-16-14-7-4-8-15(14)17-18-19(29-21(17)24-16)20(26-22(25-18)28-3)23-11-13-6-5-9-27-13/h12-13H,4-11H2,1-3H3,(H,23,25,26)/t13-/m0/s1. The highest BCUT2D eigenvalue weighted by molar-refractivity contribution is 7.98. The Morgan fingerprint density at radius 1 is 1.17 bits per heavy atom. The third kappa shape index (κ3) is 3.62. The number of hydrogen-bond acceptors (Lipinski definition) is 7. The van der Waals surface area contributed by atoms with Gasteiger partial charge in [-0.25, -0.2) is 15.0 Å². The zero-order valence-electron chi connectivity index (χ0n) is 17.4. The summed E-state index contributed by atoms with van der Waals surface area (Å²) in [6.07, 6.45) is 9.18. The summed E-state index contributed by atoms with van der Waals surface area (Å²) < 4.78 is 6.93. The van der Waals surface area contributed by atoms with E-state index in [0.29, 0.717) is 5.92 Å². The van der Waals surface area contributed by atoms with Gasteiger partial charge in [0, 0.05) is 24.2 Å². The molecule has 1 N–H and O–H groups in total. The Kier molecular flexibility index (Phi) is 5.39. The van der Waals surface area contributed by atoms with Crippen LogP contribution in [-0.2, 0) is 24.0 Å². The number of pyridine rings is 1. The predicted octanol–water partition coefficient (Wildman–Crippen LogP) is 5.24. The van der Waals surface area contributed by atoms with Crippen LogP contribution in [0.4, 0.5) is 5.82 Å². The molecule has 5 nitrogen and oxygen atoms in total. The Balaban J connectivity index is 1.65. The van der Waals surface area contributed by atoms with Gasteiger partial charge in [-0.2, -0.15) is 0 Å². The highest BCUT2D eigenvalue weighted by Crippen LogP contribution is 2.42. The summed E-state index contributed by atoms with van der Waals surface area (Å²) in [5.41, 5.74) is 5.37. The lowest BCUT2D eigenvalue weighted by atomic mass is 9.99. The minimum Gasteiger partial charge on any atom is -0.376 e. The maximum absolute atomic E-state index is 5.80. The quantitative estimate of drug-likeness (QED) is 0.428. The first kappa shape index (κ1) is 19.5. The van der Waals surface area contributed by atoms with Crippen molar-refractivity contribution in [3.8, 4) is 0 Å². The normalized spacial score (nSPS) is 19.0. The molecule has 0 bridgehead atoms. The Morgan fingerprint density at radius 3 is 2.79 bits per heavy atom. The minimum atomic E-state index is 0.284. The average molecular weight is 429 g/mol. The number of rotatable bonds is 6. The van der Waals surface area contributed by atoms with Gasteiger partial charge in [-0.05, 0) is 61.8 Å². The molecule has 1 aliphatic heterocycles. The number of nitrogens with zero attached hydrogens (tertiary/aromatic N) is 3. The van der Waals surface area contributed by atoms with E-state index in [-0.39, 0.29) is 6.10 Å². The second kappa shape index (κ2) is 8.00. The molecule has 1 saturated heterocycles. The Hall–Kier alpha value is -1.44. The summed E-state index contributed by atoms with van der Waals surface area (Å²) >= 11 is 3.35. The molecule has 3 aromatic heterocycles. The molecule has 0 spiro atoms. The molecule has 29 heavy (non-hydrogen) atoms. The van der Waals surface area contributed by atoms with Crippen LogP contribution >= 0.6 is 23.1 Å². The van der Waals surface area contributed by atoms with Crippen LogP contribution in [0.5, 0.6) is 0 Å². The first-order chi connectivity index (χ1) is 14.1. The molecule has 0 radical (unpaired) electrons. The van der Waals surface area contributed by atoms with Gasteiger partial charge in [-0.3, -0.25) is 0 Å². The van der Waals surface area contributed by atoms with Gasteiger partial charge in [0.05, 0.1) is 16.3 Å². The molecule has 1 atom stereocenters. The maximum Gasteiger partial charge on any atom is 0.189 e. The average Bonchev–Trinajstić information content (AvgIpc) is 3.44. The summed E-state index contributed by atoms with van der Waals surface area (Å²) in [4.78, 5) is 16.0. The fraction of sp³-hybridized carbons (Fsp3) is 0.591. The van der Waals surface area contributed by atoms with E-state index in [4.69, 9.17) is 19.7 Å². The van der Waals surface area contributed by atoms with E-state index >= 15 is 0 Å². The molecule has 5 rings (SSSR count). The first-order valence-electron chi connectivity index (χ1n) is 10.7. The summed E-state index contributed by atoms with van der Waals surface area (Å²) in [6, 6.07) is 0. The molecule has 1 fully saturated rings. The second-order valence-corrected chi connectivity index (χ2v) is 10.3. The highest BCUT2D eigenvalue weighted by Gasteiger charge is 2.25. The van der Waals surface area contributed by atoms with Crippen molar-refractivity contribution in [1.82, 2.24) is 15.0 Å². The highest BCUT2D eigenvalue weighted by atomic mass is 32.2. The van der Waals surface area contributed by atoms with Crippen molar-refractivity contribution in [2.24, 2.45) is 5.92 Å². The summed E-state index contributed by atoms with van der Waals surface area (Å²) in [6.45, 7) is 6.24. The van der Waals surface area contributed by atoms with Gasteiger partial charge in [-0.15, -0.1) is 11.3 Å². The molecule has 0 unspecified atom stereocenters. The van der Waals surface area contributed by atoms with Gasteiger partial charge in [-0.1, -0.05) is 25.6 Å². The van der Waals surface area contributed by atoms with Gasteiger partial charge < -0.3 is 10.1 Å². The van der Waals surface area contributed by atoms with E-state index in [9.17, 15) is 0 Å². The van der Waals surface area contributed by atoms with Crippen LogP contribution in [0.15, 0.2) is 5.16 Å². The topological polar surface area (TPSA) is 59.9 Å². The Morgan fingerprint density at radius 2 is 2.03 bits per heavy atom. The van der Waals surface area contributed by atoms with Crippen LogP contribution in [0.1, 0.15) is 49.9 Å². The van der Waals surface area contributed by atoms with Crippen molar-refractivity contribution in [2.45, 2.75) is 63.6 Å². The van der Waals surface area contributed by atoms with E-state index in [2.05, 4.69) is 19.2 Å². The van der Waals surface area contributed by atoms with Crippen molar-refractivity contribution >= 4 is 49.3 Å². The lowest BCUT2D eigenvalue weighted by Gasteiger charge is -2.12. The number of aryl methyl sites for hydroxylation is 1. The number of ether oxygens (including phenoxy) is 1. The lowest BCUT2D eigenvalue weighted by molar-refractivity contribution is 0.120. The van der Waals surface area contributed by atoms with Crippen molar-refractivity contribution < 1.29 is 4.74 Å². The number of aromatic nitrogens is 3. The van der Waals surface area contributed by atoms with Crippen molar-refractivity contribution in [3.63, 3.8) is 0 Å². The molecule has 4 heterocycles. The molecule has 3 aromatic rings. The number of fused-ring (bicyclic) bond motifs is 5. The molecule has 0 amide bonds. The fourth-order valence-corrected chi connectivity index (χ4v) is 6.10. The lowest BCUT2D eigenvalue weighted by Crippen LogP contribution is -2.19. The van der Waals surface area contributed by atoms with Gasteiger partial charge >= 0.3 is 0 Å². The van der Waals surface area contributed by atoms with Crippen LogP contribution in [0.2, 0.25) is 0 Å². The van der Waals surface area contributed by atoms with E-state index in [1.54, 1.807) is 23.1 Å². The zero-order valence-corrected chi connectivity index (χ0v) is 19.0. The molecule has 154 valence electrons.